The highest BCUT2D eigenvalue weighted by Gasteiger charge is 2.46. The molecule has 2 aromatic carbocycles. The van der Waals surface area contributed by atoms with Gasteiger partial charge in [0.25, 0.3) is 5.69 Å². The van der Waals surface area contributed by atoms with Crippen LogP contribution in [0.1, 0.15) is 30.6 Å². The Morgan fingerprint density at radius 3 is 2.36 bits per heavy atom. The number of nitro groups is 1. The molecule has 3 atom stereocenters. The number of esters is 2. The fourth-order valence-corrected chi connectivity index (χ4v) is 6.07. The zero-order valence-corrected chi connectivity index (χ0v) is 21.0. The molecular weight excluding hydrogens is 488 g/mol. The van der Waals surface area contributed by atoms with Crippen molar-refractivity contribution >= 4 is 27.6 Å². The van der Waals surface area contributed by atoms with Crippen LogP contribution >= 0.6 is 0 Å². The average Bonchev–Trinajstić information content (AvgIpc) is 3.20. The number of carbonyl (C=O) groups is 2. The highest BCUT2D eigenvalue weighted by Crippen LogP contribution is 2.40. The van der Waals surface area contributed by atoms with E-state index < -0.39 is 32.9 Å². The third kappa shape index (κ3) is 5.97. The number of nitrogens with zero attached hydrogens (tertiary/aromatic N) is 2. The molecule has 2 aromatic rings. The maximum Gasteiger partial charge on any atom is 0.338 e. The van der Waals surface area contributed by atoms with E-state index in [9.17, 15) is 28.1 Å². The number of hydrogen-bond acceptors (Lipinski definition) is 8. The van der Waals surface area contributed by atoms with E-state index in [4.69, 9.17) is 9.47 Å². The zero-order chi connectivity index (χ0) is 26.5. The lowest BCUT2D eigenvalue weighted by Crippen LogP contribution is -2.36. The summed E-state index contributed by atoms with van der Waals surface area (Å²) in [6.45, 7) is 3.61. The van der Waals surface area contributed by atoms with Crippen molar-refractivity contribution in [3.05, 3.63) is 81.9 Å². The lowest BCUT2D eigenvalue weighted by molar-refractivity contribution is -0.384. The van der Waals surface area contributed by atoms with Gasteiger partial charge in [0.2, 0.25) is 10.0 Å². The SMILES string of the molecule is COC(=O)C[C@@H]1C(C)N(S(=O)(=O)c2ccc([N+](=O)[O-])cc2)C[C@@H]1/C(C)=C\COC(=O)c1ccccc1. The molecule has 1 fully saturated rings. The second-order valence-electron chi connectivity index (χ2n) is 8.53. The Bertz CT molecular complexity index is 1240. The minimum Gasteiger partial charge on any atom is -0.469 e. The number of nitro benzene ring substituents is 1. The number of hydrogen-bond donors (Lipinski definition) is 0. The van der Waals surface area contributed by atoms with Crippen molar-refractivity contribution in [1.29, 1.82) is 0 Å². The van der Waals surface area contributed by atoms with Crippen LogP contribution in [0.3, 0.4) is 0 Å². The van der Waals surface area contributed by atoms with Crippen molar-refractivity contribution in [3.63, 3.8) is 0 Å². The molecule has 1 heterocycles. The molecule has 10 nitrogen and oxygen atoms in total. The monoisotopic (exact) mass is 516 g/mol. The Morgan fingerprint density at radius 2 is 1.78 bits per heavy atom. The van der Waals surface area contributed by atoms with Gasteiger partial charge in [-0.1, -0.05) is 23.8 Å². The van der Waals surface area contributed by atoms with E-state index in [0.717, 1.165) is 17.7 Å². The molecule has 1 saturated heterocycles. The van der Waals surface area contributed by atoms with Crippen molar-refractivity contribution in [3.8, 4) is 0 Å². The fraction of sp³-hybridized carbons (Fsp3) is 0.360. The second kappa shape index (κ2) is 11.4. The van der Waals surface area contributed by atoms with E-state index in [1.807, 2.05) is 0 Å². The molecule has 1 unspecified atom stereocenters. The highest BCUT2D eigenvalue weighted by molar-refractivity contribution is 7.89. The Balaban J connectivity index is 1.82. The predicted molar refractivity (Wildman–Crippen MR) is 131 cm³/mol. The number of benzene rings is 2. The third-order valence-electron chi connectivity index (χ3n) is 6.47. The molecule has 0 amide bonds. The van der Waals surface area contributed by atoms with Gasteiger partial charge in [-0.3, -0.25) is 14.9 Å². The molecule has 0 N–H and O–H groups in total. The van der Waals surface area contributed by atoms with Crippen molar-refractivity contribution in [2.24, 2.45) is 11.8 Å². The van der Waals surface area contributed by atoms with Crippen LogP contribution in [0.4, 0.5) is 5.69 Å². The molecule has 0 aromatic heterocycles. The van der Waals surface area contributed by atoms with E-state index in [-0.39, 0.29) is 42.0 Å². The topological polar surface area (TPSA) is 133 Å². The maximum atomic E-state index is 13.4. The summed E-state index contributed by atoms with van der Waals surface area (Å²) in [5.74, 6) is -1.66. The minimum absolute atomic E-state index is 0.00357. The van der Waals surface area contributed by atoms with Crippen LogP contribution in [0.15, 0.2) is 71.1 Å². The van der Waals surface area contributed by atoms with Crippen LogP contribution in [-0.2, 0) is 24.3 Å². The molecule has 1 aliphatic heterocycles. The van der Waals surface area contributed by atoms with Crippen LogP contribution in [0, 0.1) is 22.0 Å². The van der Waals surface area contributed by atoms with Gasteiger partial charge in [0.1, 0.15) is 6.61 Å². The Morgan fingerprint density at radius 1 is 1.14 bits per heavy atom. The molecule has 1 aliphatic rings. The van der Waals surface area contributed by atoms with Crippen LogP contribution in [-0.4, -0.2) is 55.9 Å². The molecule has 192 valence electrons. The van der Waals surface area contributed by atoms with E-state index in [1.165, 1.54) is 23.5 Å². The average molecular weight is 517 g/mol. The molecule has 0 bridgehead atoms. The summed E-state index contributed by atoms with van der Waals surface area (Å²) in [4.78, 5) is 34.6. The maximum absolute atomic E-state index is 13.4. The number of rotatable bonds is 9. The van der Waals surface area contributed by atoms with Gasteiger partial charge in [0.15, 0.2) is 0 Å². The summed E-state index contributed by atoms with van der Waals surface area (Å²) in [6, 6.07) is 12.7. The van der Waals surface area contributed by atoms with Crippen LogP contribution in [0.2, 0.25) is 0 Å². The van der Waals surface area contributed by atoms with Crippen LogP contribution < -0.4 is 0 Å². The van der Waals surface area contributed by atoms with Gasteiger partial charge >= 0.3 is 11.9 Å². The molecule has 0 radical (unpaired) electrons. The van der Waals surface area contributed by atoms with Gasteiger partial charge in [0.05, 0.1) is 28.9 Å². The number of non-ortho nitro benzene ring substituents is 1. The summed E-state index contributed by atoms with van der Waals surface area (Å²) >= 11 is 0. The van der Waals surface area contributed by atoms with Crippen molar-refractivity contribution in [2.75, 3.05) is 20.3 Å². The highest BCUT2D eigenvalue weighted by atomic mass is 32.2. The van der Waals surface area contributed by atoms with Gasteiger partial charge in [-0.15, -0.1) is 0 Å². The lowest BCUT2D eigenvalue weighted by Gasteiger charge is -2.24. The van der Waals surface area contributed by atoms with E-state index >= 15 is 0 Å². The van der Waals surface area contributed by atoms with E-state index in [2.05, 4.69) is 0 Å². The van der Waals surface area contributed by atoms with E-state index in [0.29, 0.717) is 5.56 Å². The fourth-order valence-electron chi connectivity index (χ4n) is 4.37. The first-order valence-electron chi connectivity index (χ1n) is 11.3. The zero-order valence-electron chi connectivity index (χ0n) is 20.2. The second-order valence-corrected chi connectivity index (χ2v) is 10.4. The van der Waals surface area contributed by atoms with E-state index in [1.54, 1.807) is 50.3 Å². The van der Waals surface area contributed by atoms with Gasteiger partial charge < -0.3 is 9.47 Å². The number of ether oxygens (including phenoxy) is 2. The first kappa shape index (κ1) is 27.0. The standard InChI is InChI=1S/C25H28N2O8S/c1-17(13-14-35-25(29)19-7-5-4-6-8-19)23-16-26(18(2)22(23)15-24(28)34-3)36(32,33)21-11-9-20(10-12-21)27(30)31/h4-13,18,22-23H,14-16H2,1-3H3/b17-13-/t18?,22-,23-/m1/s1. The first-order valence-corrected chi connectivity index (χ1v) is 12.7. The van der Waals surface area contributed by atoms with Crippen LogP contribution in [0.5, 0.6) is 0 Å². The minimum atomic E-state index is -4.00. The Hall–Kier alpha value is -3.57. The predicted octanol–water partition coefficient (Wildman–Crippen LogP) is 3.59. The summed E-state index contributed by atoms with van der Waals surface area (Å²) in [7, 11) is -2.72. The summed E-state index contributed by atoms with van der Waals surface area (Å²) < 4.78 is 38.3. The summed E-state index contributed by atoms with van der Waals surface area (Å²) in [5.41, 5.74) is 0.980. The van der Waals surface area contributed by atoms with Gasteiger partial charge in [0, 0.05) is 24.7 Å². The Kier molecular flexibility index (Phi) is 8.59. The van der Waals surface area contributed by atoms with Gasteiger partial charge in [-0.2, -0.15) is 4.31 Å². The van der Waals surface area contributed by atoms with Crippen molar-refractivity contribution in [1.82, 2.24) is 4.31 Å². The first-order chi connectivity index (χ1) is 17.1. The van der Waals surface area contributed by atoms with Crippen molar-refractivity contribution in [2.45, 2.75) is 31.2 Å². The largest absolute Gasteiger partial charge is 0.469 e. The third-order valence-corrected chi connectivity index (χ3v) is 8.43. The van der Waals surface area contributed by atoms with Gasteiger partial charge in [-0.25, -0.2) is 13.2 Å². The lowest BCUT2D eigenvalue weighted by atomic mass is 9.83. The number of sulfonamides is 1. The summed E-state index contributed by atoms with van der Waals surface area (Å²) in [6.07, 6.45) is 1.72. The molecule has 11 heteroatoms. The molecule has 0 spiro atoms. The molecule has 36 heavy (non-hydrogen) atoms. The van der Waals surface area contributed by atoms with Gasteiger partial charge in [-0.05, 0) is 56.0 Å². The van der Waals surface area contributed by atoms with Crippen LogP contribution in [0.25, 0.3) is 0 Å². The molecule has 3 rings (SSSR count). The molecule has 0 aliphatic carbocycles. The number of carbonyl (C=O) groups excluding carboxylic acids is 2. The molecule has 0 saturated carbocycles. The normalized spacial score (nSPS) is 20.6. The quantitative estimate of drug-likeness (QED) is 0.214. The molecular formula is C25H28N2O8S. The smallest absolute Gasteiger partial charge is 0.338 e. The summed E-state index contributed by atoms with van der Waals surface area (Å²) in [5, 5.41) is 10.9. The van der Waals surface area contributed by atoms with Crippen molar-refractivity contribution < 1.29 is 32.4 Å². The number of methoxy groups -OCH3 is 1. The Labute approximate surface area is 209 Å².